The molecule has 0 rings (SSSR count). The Hall–Kier alpha value is -4.11. The first-order valence-corrected chi connectivity index (χ1v) is 35.6. The molecule has 0 aromatic heterocycles. The molecule has 3 unspecified atom stereocenters. The molecule has 0 bridgehead atoms. The first-order valence-electron chi connectivity index (χ1n) is 34.1. The van der Waals surface area contributed by atoms with E-state index >= 15 is 0 Å². The van der Waals surface area contributed by atoms with Gasteiger partial charge >= 0.3 is 5.97 Å². The maximum Gasteiger partial charge on any atom is 0.306 e. The zero-order valence-electron chi connectivity index (χ0n) is 55.3. The molecule has 3 atom stereocenters. The molecular formula is C75H127N2O7P. The molecule has 0 radical (unpaired) electrons. The Kier molecular flexibility index (Phi) is 59.9. The van der Waals surface area contributed by atoms with Crippen LogP contribution in [0.1, 0.15) is 265 Å². The van der Waals surface area contributed by atoms with Crippen molar-refractivity contribution >= 4 is 19.7 Å². The topological polar surface area (TPSA) is 114 Å². The fourth-order valence-electron chi connectivity index (χ4n) is 9.08. The fraction of sp³-hybridized carbons (Fsp3) is 0.653. The summed E-state index contributed by atoms with van der Waals surface area (Å²) in [6.07, 6.45) is 91.1. The molecule has 9 nitrogen and oxygen atoms in total. The molecule has 484 valence electrons. The Bertz CT molecular complexity index is 1960. The number of allylic oxidation sites excluding steroid dienone is 23. The Morgan fingerprint density at radius 1 is 0.424 bits per heavy atom. The number of hydrogen-bond donors (Lipinski definition) is 1. The summed E-state index contributed by atoms with van der Waals surface area (Å²) in [5.41, 5.74) is 0. The van der Waals surface area contributed by atoms with E-state index in [0.717, 1.165) is 148 Å². The molecular weight excluding hydrogens is 1070 g/mol. The van der Waals surface area contributed by atoms with Gasteiger partial charge in [0.05, 0.1) is 33.8 Å². The van der Waals surface area contributed by atoms with Gasteiger partial charge in [0.2, 0.25) is 5.91 Å². The highest BCUT2D eigenvalue weighted by atomic mass is 31.2. The van der Waals surface area contributed by atoms with Crippen molar-refractivity contribution in [3.63, 3.8) is 0 Å². The van der Waals surface area contributed by atoms with E-state index in [2.05, 4.69) is 160 Å². The number of amides is 1. The summed E-state index contributed by atoms with van der Waals surface area (Å²) in [7, 11) is 1.14. The highest BCUT2D eigenvalue weighted by Gasteiger charge is 2.27. The molecule has 10 heteroatoms. The first-order chi connectivity index (χ1) is 41.4. The minimum Gasteiger partial charge on any atom is -0.756 e. The minimum atomic E-state index is -4.72. The van der Waals surface area contributed by atoms with Gasteiger partial charge in [0.25, 0.3) is 7.82 Å². The molecule has 0 saturated heterocycles. The monoisotopic (exact) mass is 1200 g/mol. The summed E-state index contributed by atoms with van der Waals surface area (Å²) >= 11 is 0. The van der Waals surface area contributed by atoms with Crippen molar-refractivity contribution in [2.45, 2.75) is 277 Å². The third-order valence-electron chi connectivity index (χ3n) is 14.3. The molecule has 0 aromatic rings. The van der Waals surface area contributed by atoms with Crippen molar-refractivity contribution < 1.29 is 37.3 Å². The molecule has 0 aliphatic carbocycles. The average molecular weight is 1200 g/mol. The van der Waals surface area contributed by atoms with Gasteiger partial charge in [-0.15, -0.1) is 0 Å². The Labute approximate surface area is 523 Å². The van der Waals surface area contributed by atoms with Crippen LogP contribution in [0.5, 0.6) is 0 Å². The lowest BCUT2D eigenvalue weighted by Gasteiger charge is -2.30. The van der Waals surface area contributed by atoms with Gasteiger partial charge in [0.15, 0.2) is 0 Å². The summed E-state index contributed by atoms with van der Waals surface area (Å²) in [5.74, 6) is -0.582. The van der Waals surface area contributed by atoms with E-state index in [1.165, 1.54) is 70.6 Å². The van der Waals surface area contributed by atoms with Crippen molar-refractivity contribution in [1.82, 2.24) is 5.32 Å². The number of ether oxygens (including phenoxy) is 1. The van der Waals surface area contributed by atoms with Crippen LogP contribution in [0.4, 0.5) is 0 Å². The van der Waals surface area contributed by atoms with Crippen LogP contribution in [0.2, 0.25) is 0 Å². The molecule has 1 amide bonds. The quantitative estimate of drug-likeness (QED) is 0.0212. The third-order valence-corrected chi connectivity index (χ3v) is 15.2. The number of likely N-dealkylation sites (N-methyl/N-ethyl adjacent to an activating group) is 1. The molecule has 85 heavy (non-hydrogen) atoms. The van der Waals surface area contributed by atoms with Crippen LogP contribution < -0.4 is 10.2 Å². The standard InChI is InChI=1S/C75H127N2O7P/c1-7-10-13-16-19-22-25-27-29-31-33-35-36-37-38-39-40-42-44-46-48-50-53-56-59-62-65-68-75(79)84-73(66-63-60-57-54-51-24-21-18-15-12-9-3)72(71-83-85(80,81)82-70-69-77(4,5)6)76-74(78)67-64-61-58-55-52-49-47-45-43-41-34-32-30-28-26-23-20-17-14-11-8-2/h10-11,13-14,19-20,22-23,27-30,33-35,37-38,40-42,45,47,63,66,72-73H,7-9,12,15-18,21,24-26,31-32,36,39,43-44,46,48-62,64-65,67-71H2,1-6H3,(H-,76,78,80,81)/b13-10-,14-11-,22-19-,23-20-,29-27-,30-28-,35-33-,38-37-,41-34-,42-40-,47-45-,66-63-. The molecule has 0 aromatic carbocycles. The fourth-order valence-corrected chi connectivity index (χ4v) is 9.80. The smallest absolute Gasteiger partial charge is 0.306 e. The number of phosphoric ester groups is 1. The summed E-state index contributed by atoms with van der Waals surface area (Å²) in [5, 5.41) is 3.02. The van der Waals surface area contributed by atoms with E-state index < -0.39 is 26.6 Å². The third kappa shape index (κ3) is 64.2. The zero-order valence-corrected chi connectivity index (χ0v) is 56.1. The van der Waals surface area contributed by atoms with Gasteiger partial charge in [-0.1, -0.05) is 270 Å². The molecule has 1 N–H and O–H groups in total. The summed E-state index contributed by atoms with van der Waals surface area (Å²) in [6, 6.07) is -0.914. The van der Waals surface area contributed by atoms with E-state index in [4.69, 9.17) is 13.8 Å². The number of hydrogen-bond acceptors (Lipinski definition) is 7. The minimum absolute atomic E-state index is 0.0360. The van der Waals surface area contributed by atoms with E-state index in [-0.39, 0.29) is 31.3 Å². The number of quaternary nitrogens is 1. The van der Waals surface area contributed by atoms with Gasteiger partial charge in [0.1, 0.15) is 19.3 Å². The number of carbonyl (C=O) groups is 2. The predicted octanol–water partition coefficient (Wildman–Crippen LogP) is 21.1. The van der Waals surface area contributed by atoms with E-state index in [0.29, 0.717) is 23.9 Å². The van der Waals surface area contributed by atoms with Crippen LogP contribution in [0.3, 0.4) is 0 Å². The van der Waals surface area contributed by atoms with Gasteiger partial charge in [0, 0.05) is 12.8 Å². The number of phosphoric acid groups is 1. The number of unbranched alkanes of at least 4 members (excludes halogenated alkanes) is 22. The van der Waals surface area contributed by atoms with Crippen LogP contribution >= 0.6 is 7.82 Å². The SMILES string of the molecule is CC/C=C\C/C=C\C/C=C\C/C=C\C/C=C\C/C=C\CCCCCCCCCCC(=O)OC(/C=C\CCCCCCCCCCC)C(COP(=O)([O-])OCC[N+](C)(C)C)NC(=O)CCCCCCC/C=C\C/C=C\C/C=C\C/C=C\C/C=C\CC. The number of esters is 1. The Morgan fingerprint density at radius 3 is 1.13 bits per heavy atom. The Balaban J connectivity index is 5.14. The normalized spacial score (nSPS) is 14.5. The molecule has 0 saturated carbocycles. The van der Waals surface area contributed by atoms with Crippen molar-refractivity contribution in [2.75, 3.05) is 40.9 Å². The van der Waals surface area contributed by atoms with Crippen molar-refractivity contribution in [3.8, 4) is 0 Å². The second kappa shape index (κ2) is 62.9. The lowest BCUT2D eigenvalue weighted by atomic mass is 10.1. The van der Waals surface area contributed by atoms with Gasteiger partial charge in [-0.05, 0) is 128 Å². The van der Waals surface area contributed by atoms with Crippen molar-refractivity contribution in [2.24, 2.45) is 0 Å². The van der Waals surface area contributed by atoms with E-state index in [9.17, 15) is 19.0 Å². The summed E-state index contributed by atoms with van der Waals surface area (Å²) < 4.78 is 30.4. The van der Waals surface area contributed by atoms with E-state index in [1.54, 1.807) is 0 Å². The van der Waals surface area contributed by atoms with Gasteiger partial charge in [-0.2, -0.15) is 0 Å². The zero-order chi connectivity index (χ0) is 62.1. The molecule has 0 heterocycles. The average Bonchev–Trinajstić information content (AvgIpc) is 3.59. The van der Waals surface area contributed by atoms with Crippen molar-refractivity contribution in [1.29, 1.82) is 0 Å². The van der Waals surface area contributed by atoms with Crippen LogP contribution in [-0.2, 0) is 27.9 Å². The van der Waals surface area contributed by atoms with Gasteiger partial charge in [-0.25, -0.2) is 0 Å². The second-order valence-corrected chi connectivity index (χ2v) is 25.0. The van der Waals surface area contributed by atoms with Crippen molar-refractivity contribution in [3.05, 3.63) is 146 Å². The highest BCUT2D eigenvalue weighted by Crippen LogP contribution is 2.38. The van der Waals surface area contributed by atoms with Gasteiger partial charge in [-0.3, -0.25) is 14.2 Å². The summed E-state index contributed by atoms with van der Waals surface area (Å²) in [6.45, 7) is 6.58. The lowest BCUT2D eigenvalue weighted by Crippen LogP contribution is -2.47. The highest BCUT2D eigenvalue weighted by molar-refractivity contribution is 7.45. The molecule has 0 aliphatic rings. The van der Waals surface area contributed by atoms with Crippen LogP contribution in [-0.4, -0.2) is 69.4 Å². The second-order valence-electron chi connectivity index (χ2n) is 23.6. The molecule has 0 fully saturated rings. The number of nitrogens with one attached hydrogen (secondary N) is 1. The number of rotatable bonds is 60. The Morgan fingerprint density at radius 2 is 0.753 bits per heavy atom. The largest absolute Gasteiger partial charge is 0.756 e. The van der Waals surface area contributed by atoms with Crippen LogP contribution in [0.25, 0.3) is 0 Å². The number of nitrogens with zero attached hydrogens (tertiary/aromatic N) is 1. The maximum atomic E-state index is 13.6. The number of carbonyl (C=O) groups excluding carboxylic acids is 2. The van der Waals surface area contributed by atoms with Crippen LogP contribution in [0, 0.1) is 0 Å². The lowest BCUT2D eigenvalue weighted by molar-refractivity contribution is -0.870. The predicted molar refractivity (Wildman–Crippen MR) is 366 cm³/mol. The summed E-state index contributed by atoms with van der Waals surface area (Å²) in [4.78, 5) is 40.1. The molecule has 0 spiro atoms. The van der Waals surface area contributed by atoms with E-state index in [1.807, 2.05) is 33.3 Å². The van der Waals surface area contributed by atoms with Gasteiger partial charge < -0.3 is 28.5 Å². The first kappa shape index (κ1) is 80.9. The maximum absolute atomic E-state index is 13.6. The molecule has 0 aliphatic heterocycles. The van der Waals surface area contributed by atoms with Crippen LogP contribution in [0.15, 0.2) is 146 Å².